The van der Waals surface area contributed by atoms with Gasteiger partial charge in [-0.25, -0.2) is 0 Å². The standard InChI is InChI=1S/C16H15BrN2O4/c1-18-15(20)12(9-10-3-5-11(22-2)6-4-10)19-16(21)13-7-8-14(17)23-13/h3-9H,1-2H3,(H,18,20)(H,19,21)/b12-9+. The molecule has 0 fully saturated rings. The first-order valence-electron chi connectivity index (χ1n) is 6.68. The molecule has 0 bridgehead atoms. The van der Waals surface area contributed by atoms with Crippen molar-refractivity contribution < 1.29 is 18.7 Å². The second kappa shape index (κ2) is 7.64. The van der Waals surface area contributed by atoms with Crippen LogP contribution in [0.2, 0.25) is 0 Å². The summed E-state index contributed by atoms with van der Waals surface area (Å²) < 4.78 is 10.7. The maximum absolute atomic E-state index is 12.1. The molecule has 2 rings (SSSR count). The van der Waals surface area contributed by atoms with Crippen LogP contribution in [0.25, 0.3) is 6.08 Å². The van der Waals surface area contributed by atoms with Gasteiger partial charge < -0.3 is 19.8 Å². The summed E-state index contributed by atoms with van der Waals surface area (Å²) in [6, 6.07) is 10.2. The number of methoxy groups -OCH3 is 1. The number of furan rings is 1. The zero-order chi connectivity index (χ0) is 16.8. The lowest BCUT2D eigenvalue weighted by molar-refractivity contribution is -0.117. The van der Waals surface area contributed by atoms with Gasteiger partial charge in [0.25, 0.3) is 11.8 Å². The van der Waals surface area contributed by atoms with Gasteiger partial charge in [-0.3, -0.25) is 9.59 Å². The average molecular weight is 379 g/mol. The van der Waals surface area contributed by atoms with Gasteiger partial charge in [0.05, 0.1) is 7.11 Å². The molecule has 0 atom stereocenters. The Kier molecular flexibility index (Phi) is 5.59. The van der Waals surface area contributed by atoms with E-state index in [9.17, 15) is 9.59 Å². The lowest BCUT2D eigenvalue weighted by atomic mass is 10.1. The Labute approximate surface area is 141 Å². The number of nitrogens with one attached hydrogen (secondary N) is 2. The Morgan fingerprint density at radius 1 is 1.17 bits per heavy atom. The van der Waals surface area contributed by atoms with Crippen LogP contribution in [0.4, 0.5) is 0 Å². The van der Waals surface area contributed by atoms with Gasteiger partial charge in [-0.15, -0.1) is 0 Å². The Morgan fingerprint density at radius 2 is 1.87 bits per heavy atom. The van der Waals surface area contributed by atoms with E-state index < -0.39 is 11.8 Å². The third-order valence-electron chi connectivity index (χ3n) is 2.94. The van der Waals surface area contributed by atoms with E-state index in [-0.39, 0.29) is 11.5 Å². The quantitative estimate of drug-likeness (QED) is 0.783. The van der Waals surface area contributed by atoms with E-state index in [0.29, 0.717) is 10.4 Å². The zero-order valence-corrected chi connectivity index (χ0v) is 14.1. The number of hydrogen-bond acceptors (Lipinski definition) is 4. The maximum atomic E-state index is 12.1. The van der Waals surface area contributed by atoms with Gasteiger partial charge >= 0.3 is 0 Å². The topological polar surface area (TPSA) is 80.6 Å². The van der Waals surface area contributed by atoms with Gasteiger partial charge in [0.15, 0.2) is 10.4 Å². The Hall–Kier alpha value is -2.54. The van der Waals surface area contributed by atoms with Crippen LogP contribution in [0, 0.1) is 0 Å². The Balaban J connectivity index is 2.23. The molecule has 0 aliphatic carbocycles. The van der Waals surface area contributed by atoms with Crippen molar-refractivity contribution in [3.8, 4) is 5.75 Å². The van der Waals surface area contributed by atoms with Crippen LogP contribution in [-0.2, 0) is 4.79 Å². The van der Waals surface area contributed by atoms with Gasteiger partial charge in [-0.05, 0) is 51.8 Å². The van der Waals surface area contributed by atoms with Gasteiger partial charge in [-0.2, -0.15) is 0 Å². The summed E-state index contributed by atoms with van der Waals surface area (Å²) in [5, 5.41) is 5.02. The number of carbonyl (C=O) groups is 2. The van der Waals surface area contributed by atoms with Crippen LogP contribution in [-0.4, -0.2) is 26.0 Å². The molecule has 1 aromatic carbocycles. The van der Waals surface area contributed by atoms with E-state index in [1.54, 1.807) is 43.5 Å². The predicted octanol–water partition coefficient (Wildman–Crippen LogP) is 2.57. The fourth-order valence-corrected chi connectivity index (χ4v) is 2.09. The number of hydrogen-bond donors (Lipinski definition) is 2. The van der Waals surface area contributed by atoms with Crippen LogP contribution in [0.15, 0.2) is 51.2 Å². The molecule has 0 saturated carbocycles. The molecule has 0 radical (unpaired) electrons. The highest BCUT2D eigenvalue weighted by Crippen LogP contribution is 2.16. The molecule has 6 nitrogen and oxygen atoms in total. The second-order valence-electron chi connectivity index (χ2n) is 4.47. The number of benzene rings is 1. The minimum atomic E-state index is -0.515. The number of amides is 2. The molecule has 2 N–H and O–H groups in total. The highest BCUT2D eigenvalue weighted by atomic mass is 79.9. The molecule has 0 aliphatic rings. The van der Waals surface area contributed by atoms with E-state index in [1.807, 2.05) is 0 Å². The van der Waals surface area contributed by atoms with Crippen molar-refractivity contribution in [2.75, 3.05) is 14.2 Å². The molecule has 0 aliphatic heterocycles. The van der Waals surface area contributed by atoms with Crippen molar-refractivity contribution in [1.29, 1.82) is 0 Å². The van der Waals surface area contributed by atoms with Crippen molar-refractivity contribution >= 4 is 33.8 Å². The highest BCUT2D eigenvalue weighted by Gasteiger charge is 2.16. The predicted molar refractivity (Wildman–Crippen MR) is 88.9 cm³/mol. The number of likely N-dealkylation sites (N-methyl/N-ethyl adjacent to an activating group) is 1. The first-order chi connectivity index (χ1) is 11.0. The number of ether oxygens (including phenoxy) is 1. The van der Waals surface area contributed by atoms with E-state index in [0.717, 1.165) is 5.56 Å². The van der Waals surface area contributed by atoms with Crippen molar-refractivity contribution in [2.45, 2.75) is 0 Å². The summed E-state index contributed by atoms with van der Waals surface area (Å²) in [7, 11) is 3.06. The molecule has 7 heteroatoms. The van der Waals surface area contributed by atoms with E-state index in [2.05, 4.69) is 26.6 Å². The molecule has 1 heterocycles. The summed E-state index contributed by atoms with van der Waals surface area (Å²) in [5.74, 6) is -0.131. The van der Waals surface area contributed by atoms with Gasteiger partial charge in [0, 0.05) is 7.05 Å². The molecule has 120 valence electrons. The number of carbonyl (C=O) groups excluding carboxylic acids is 2. The Bertz CT molecular complexity index is 735. The normalized spacial score (nSPS) is 11.0. The lowest BCUT2D eigenvalue weighted by Crippen LogP contribution is -2.32. The Morgan fingerprint density at radius 3 is 2.39 bits per heavy atom. The SMILES string of the molecule is CNC(=O)/C(=C\c1ccc(OC)cc1)NC(=O)c1ccc(Br)o1. The largest absolute Gasteiger partial charge is 0.497 e. The van der Waals surface area contributed by atoms with Crippen molar-refractivity contribution in [1.82, 2.24) is 10.6 Å². The minimum Gasteiger partial charge on any atom is -0.497 e. The minimum absolute atomic E-state index is 0.0985. The molecule has 2 aromatic rings. The highest BCUT2D eigenvalue weighted by molar-refractivity contribution is 9.10. The smallest absolute Gasteiger partial charge is 0.291 e. The molecule has 1 aromatic heterocycles. The van der Waals surface area contributed by atoms with Gasteiger partial charge in [-0.1, -0.05) is 12.1 Å². The maximum Gasteiger partial charge on any atom is 0.291 e. The molecule has 0 saturated heterocycles. The summed E-state index contributed by atoms with van der Waals surface area (Å²) in [6.45, 7) is 0. The van der Waals surface area contributed by atoms with Crippen molar-refractivity contribution in [3.05, 3.63) is 58.1 Å². The van der Waals surface area contributed by atoms with Crippen LogP contribution >= 0.6 is 15.9 Å². The van der Waals surface area contributed by atoms with Crippen LogP contribution < -0.4 is 15.4 Å². The zero-order valence-electron chi connectivity index (χ0n) is 12.6. The van der Waals surface area contributed by atoms with E-state index >= 15 is 0 Å². The van der Waals surface area contributed by atoms with Crippen LogP contribution in [0.3, 0.4) is 0 Å². The number of rotatable bonds is 5. The third kappa shape index (κ3) is 4.46. The average Bonchev–Trinajstić information content (AvgIpc) is 3.00. The fraction of sp³-hybridized carbons (Fsp3) is 0.125. The summed E-state index contributed by atoms with van der Waals surface area (Å²) in [6.07, 6.45) is 1.56. The first-order valence-corrected chi connectivity index (χ1v) is 7.47. The molecule has 23 heavy (non-hydrogen) atoms. The van der Waals surface area contributed by atoms with E-state index in [4.69, 9.17) is 9.15 Å². The summed E-state index contributed by atoms with van der Waals surface area (Å²) in [5.41, 5.74) is 0.848. The monoisotopic (exact) mass is 378 g/mol. The van der Waals surface area contributed by atoms with E-state index in [1.165, 1.54) is 13.1 Å². The third-order valence-corrected chi connectivity index (χ3v) is 3.37. The molecular weight excluding hydrogens is 364 g/mol. The van der Waals surface area contributed by atoms with Crippen LogP contribution in [0.1, 0.15) is 16.1 Å². The van der Waals surface area contributed by atoms with Crippen LogP contribution in [0.5, 0.6) is 5.75 Å². The molecule has 0 unspecified atom stereocenters. The lowest BCUT2D eigenvalue weighted by Gasteiger charge is -2.08. The second-order valence-corrected chi connectivity index (χ2v) is 5.25. The molecular formula is C16H15BrN2O4. The first kappa shape index (κ1) is 16.8. The van der Waals surface area contributed by atoms with Crippen molar-refractivity contribution in [3.63, 3.8) is 0 Å². The summed E-state index contributed by atoms with van der Waals surface area (Å²) in [4.78, 5) is 24.1. The summed E-state index contributed by atoms with van der Waals surface area (Å²) >= 11 is 3.12. The fourth-order valence-electron chi connectivity index (χ4n) is 1.78. The molecule has 2 amide bonds. The number of halogens is 1. The van der Waals surface area contributed by atoms with Gasteiger partial charge in [0.1, 0.15) is 11.4 Å². The molecule has 0 spiro atoms. The van der Waals surface area contributed by atoms with Gasteiger partial charge in [0.2, 0.25) is 0 Å². The van der Waals surface area contributed by atoms with Crippen molar-refractivity contribution in [2.24, 2.45) is 0 Å².